The lowest BCUT2D eigenvalue weighted by Gasteiger charge is -2.24. The fourth-order valence-corrected chi connectivity index (χ4v) is 4.17. The quantitative estimate of drug-likeness (QED) is 0.593. The highest BCUT2D eigenvalue weighted by Crippen LogP contribution is 2.29. The van der Waals surface area contributed by atoms with Crippen molar-refractivity contribution in [3.63, 3.8) is 0 Å². The summed E-state index contributed by atoms with van der Waals surface area (Å²) >= 11 is 6.06. The maximum Gasteiger partial charge on any atom is 0.319 e. The lowest BCUT2D eigenvalue weighted by atomic mass is 10.1. The first-order valence-corrected chi connectivity index (χ1v) is 10.9. The molecule has 0 spiro atoms. The summed E-state index contributed by atoms with van der Waals surface area (Å²) in [6.07, 6.45) is 1.06. The van der Waals surface area contributed by atoms with Crippen LogP contribution in [0.1, 0.15) is 46.3 Å². The lowest BCUT2D eigenvalue weighted by molar-refractivity contribution is -0.132. The SMILES string of the molecule is Cc1ccc(NC(=O)NCc2cc3c(cc2F)C(=O)N([C@H]2CCCC(=O)NC2=O)C3)cc1Cl. The highest BCUT2D eigenvalue weighted by molar-refractivity contribution is 6.31. The molecule has 5 amide bonds. The molecule has 1 fully saturated rings. The molecule has 0 radical (unpaired) electrons. The number of hydrogen-bond acceptors (Lipinski definition) is 4. The zero-order chi connectivity index (χ0) is 23.7. The largest absolute Gasteiger partial charge is 0.334 e. The summed E-state index contributed by atoms with van der Waals surface area (Å²) in [6, 6.07) is 6.42. The standard InChI is InChI=1S/C23H22ClFN4O4/c1-12-5-6-15(8-17(12)24)27-23(33)26-10-13-7-14-11-29(22(32)16(14)9-18(13)25)19-3-2-4-20(30)28-21(19)31/h5-9,19H,2-4,10-11H2,1H3,(H2,26,27,33)(H,28,30,31)/t19-/m0/s1. The van der Waals surface area contributed by atoms with Crippen molar-refractivity contribution in [3.05, 3.63) is 63.4 Å². The van der Waals surface area contributed by atoms with E-state index >= 15 is 0 Å². The van der Waals surface area contributed by atoms with E-state index in [-0.39, 0.29) is 36.5 Å². The molecule has 1 atom stereocenters. The molecule has 0 aromatic heterocycles. The molecule has 2 heterocycles. The Morgan fingerprint density at radius 1 is 1.24 bits per heavy atom. The third kappa shape index (κ3) is 4.83. The van der Waals surface area contributed by atoms with Crippen LogP contribution in [-0.4, -0.2) is 34.7 Å². The first kappa shape index (κ1) is 22.7. The van der Waals surface area contributed by atoms with Gasteiger partial charge in [-0.05, 0) is 55.2 Å². The Labute approximate surface area is 194 Å². The normalized spacial score (nSPS) is 18.0. The molecule has 172 valence electrons. The Morgan fingerprint density at radius 3 is 2.79 bits per heavy atom. The fourth-order valence-electron chi connectivity index (χ4n) is 3.99. The number of imide groups is 1. The van der Waals surface area contributed by atoms with Crippen molar-refractivity contribution in [2.24, 2.45) is 0 Å². The van der Waals surface area contributed by atoms with E-state index in [9.17, 15) is 23.6 Å². The van der Waals surface area contributed by atoms with Crippen LogP contribution in [0.5, 0.6) is 0 Å². The number of urea groups is 1. The van der Waals surface area contributed by atoms with Crippen molar-refractivity contribution in [3.8, 4) is 0 Å². The number of benzene rings is 2. The second kappa shape index (κ2) is 9.19. The number of rotatable bonds is 4. The fraction of sp³-hybridized carbons (Fsp3) is 0.304. The average Bonchev–Trinajstić information content (AvgIpc) is 2.96. The van der Waals surface area contributed by atoms with Gasteiger partial charge in [0.25, 0.3) is 5.91 Å². The van der Waals surface area contributed by atoms with E-state index in [2.05, 4.69) is 16.0 Å². The van der Waals surface area contributed by atoms with Gasteiger partial charge in [0, 0.05) is 41.3 Å². The number of hydrogen-bond donors (Lipinski definition) is 3. The van der Waals surface area contributed by atoms with Crippen LogP contribution in [0.4, 0.5) is 14.9 Å². The minimum atomic E-state index is -0.784. The smallest absolute Gasteiger partial charge is 0.319 e. The molecule has 0 unspecified atom stereocenters. The molecule has 4 rings (SSSR count). The van der Waals surface area contributed by atoms with Crippen LogP contribution in [0.3, 0.4) is 0 Å². The predicted octanol–water partition coefficient (Wildman–Crippen LogP) is 3.26. The van der Waals surface area contributed by atoms with Gasteiger partial charge in [-0.25, -0.2) is 9.18 Å². The van der Waals surface area contributed by atoms with Crippen molar-refractivity contribution in [1.82, 2.24) is 15.5 Å². The van der Waals surface area contributed by atoms with Gasteiger partial charge in [-0.15, -0.1) is 0 Å². The van der Waals surface area contributed by atoms with E-state index in [0.717, 1.165) is 11.6 Å². The molecule has 2 aliphatic heterocycles. The summed E-state index contributed by atoms with van der Waals surface area (Å²) in [6.45, 7) is 1.87. The number of carbonyl (C=O) groups is 4. The summed E-state index contributed by atoms with van der Waals surface area (Å²) in [4.78, 5) is 50.3. The van der Waals surface area contributed by atoms with Gasteiger partial charge in [-0.3, -0.25) is 19.7 Å². The minimum Gasteiger partial charge on any atom is -0.334 e. The van der Waals surface area contributed by atoms with Crippen molar-refractivity contribution in [1.29, 1.82) is 0 Å². The Hall–Kier alpha value is -3.46. The Bertz CT molecular complexity index is 1170. The summed E-state index contributed by atoms with van der Waals surface area (Å²) in [7, 11) is 0. The molecule has 1 saturated heterocycles. The number of fused-ring (bicyclic) bond motifs is 1. The van der Waals surface area contributed by atoms with E-state index in [0.29, 0.717) is 29.1 Å². The molecule has 8 nitrogen and oxygen atoms in total. The van der Waals surface area contributed by atoms with E-state index < -0.39 is 29.7 Å². The van der Waals surface area contributed by atoms with Gasteiger partial charge in [0.15, 0.2) is 0 Å². The third-order valence-corrected chi connectivity index (χ3v) is 6.20. The van der Waals surface area contributed by atoms with Crippen LogP contribution < -0.4 is 16.0 Å². The molecule has 0 bridgehead atoms. The van der Waals surface area contributed by atoms with Gasteiger partial charge in [0.2, 0.25) is 11.8 Å². The molecule has 2 aromatic carbocycles. The molecular weight excluding hydrogens is 451 g/mol. The summed E-state index contributed by atoms with van der Waals surface area (Å²) in [5.74, 6) is -1.97. The van der Waals surface area contributed by atoms with E-state index in [1.54, 1.807) is 18.2 Å². The number of anilines is 1. The Kier molecular flexibility index (Phi) is 6.33. The van der Waals surface area contributed by atoms with E-state index in [1.165, 1.54) is 11.0 Å². The van der Waals surface area contributed by atoms with Gasteiger partial charge >= 0.3 is 6.03 Å². The molecular formula is C23H22ClFN4O4. The lowest BCUT2D eigenvalue weighted by Crippen LogP contribution is -2.46. The van der Waals surface area contributed by atoms with Crippen LogP contribution in [-0.2, 0) is 22.7 Å². The second-order valence-electron chi connectivity index (χ2n) is 8.13. The van der Waals surface area contributed by atoms with Gasteiger partial charge in [-0.2, -0.15) is 0 Å². The highest BCUT2D eigenvalue weighted by Gasteiger charge is 2.38. The molecule has 0 saturated carbocycles. The first-order chi connectivity index (χ1) is 15.7. The summed E-state index contributed by atoms with van der Waals surface area (Å²) < 4.78 is 14.7. The second-order valence-corrected chi connectivity index (χ2v) is 8.53. The molecule has 10 heteroatoms. The van der Waals surface area contributed by atoms with Crippen molar-refractivity contribution in [2.75, 3.05) is 5.32 Å². The third-order valence-electron chi connectivity index (χ3n) is 5.80. The predicted molar refractivity (Wildman–Crippen MR) is 119 cm³/mol. The van der Waals surface area contributed by atoms with Gasteiger partial charge < -0.3 is 15.5 Å². The molecule has 33 heavy (non-hydrogen) atoms. The first-order valence-electron chi connectivity index (χ1n) is 10.5. The monoisotopic (exact) mass is 472 g/mol. The maximum absolute atomic E-state index is 14.7. The summed E-state index contributed by atoms with van der Waals surface area (Å²) in [5, 5.41) is 8.02. The van der Waals surface area contributed by atoms with Crippen molar-refractivity contribution >= 4 is 41.0 Å². The van der Waals surface area contributed by atoms with E-state index in [4.69, 9.17) is 11.6 Å². The molecule has 3 N–H and O–H groups in total. The zero-order valence-corrected chi connectivity index (χ0v) is 18.6. The molecule has 0 aliphatic carbocycles. The number of nitrogens with zero attached hydrogens (tertiary/aromatic N) is 1. The minimum absolute atomic E-state index is 0.100. The average molecular weight is 473 g/mol. The zero-order valence-electron chi connectivity index (χ0n) is 17.8. The van der Waals surface area contributed by atoms with Crippen LogP contribution in [0.15, 0.2) is 30.3 Å². The number of carbonyl (C=O) groups excluding carboxylic acids is 4. The molecule has 2 aliphatic rings. The van der Waals surface area contributed by atoms with Crippen LogP contribution in [0.25, 0.3) is 0 Å². The van der Waals surface area contributed by atoms with Crippen LogP contribution >= 0.6 is 11.6 Å². The van der Waals surface area contributed by atoms with Gasteiger partial charge in [0.05, 0.1) is 0 Å². The number of nitrogens with one attached hydrogen (secondary N) is 3. The topological polar surface area (TPSA) is 108 Å². The number of amides is 5. The van der Waals surface area contributed by atoms with Gasteiger partial charge in [0.1, 0.15) is 11.9 Å². The summed E-state index contributed by atoms with van der Waals surface area (Å²) in [5.41, 5.74) is 2.32. The Balaban J connectivity index is 1.43. The molecule has 2 aromatic rings. The van der Waals surface area contributed by atoms with E-state index in [1.807, 2.05) is 6.92 Å². The number of halogens is 2. The van der Waals surface area contributed by atoms with Gasteiger partial charge in [-0.1, -0.05) is 17.7 Å². The van der Waals surface area contributed by atoms with Crippen molar-refractivity contribution < 1.29 is 23.6 Å². The van der Waals surface area contributed by atoms with Crippen molar-refractivity contribution in [2.45, 2.75) is 45.3 Å². The van der Waals surface area contributed by atoms with Crippen LogP contribution in [0.2, 0.25) is 5.02 Å². The van der Waals surface area contributed by atoms with Crippen LogP contribution in [0, 0.1) is 12.7 Å². The highest BCUT2D eigenvalue weighted by atomic mass is 35.5. The number of aryl methyl sites for hydroxylation is 1. The maximum atomic E-state index is 14.7. The Morgan fingerprint density at radius 2 is 2.03 bits per heavy atom.